The Hall–Kier alpha value is -1.26. The predicted octanol–water partition coefficient (Wildman–Crippen LogP) is 3.50. The molecule has 0 spiro atoms. The lowest BCUT2D eigenvalue weighted by Crippen LogP contribution is -2.42. The van der Waals surface area contributed by atoms with E-state index in [0.717, 1.165) is 5.56 Å². The van der Waals surface area contributed by atoms with Gasteiger partial charge in [0.25, 0.3) is 0 Å². The molecule has 0 heterocycles. The molecule has 0 aliphatic rings. The van der Waals surface area contributed by atoms with E-state index in [9.17, 15) is 9.90 Å². The number of rotatable bonds is 6. The van der Waals surface area contributed by atoms with E-state index in [2.05, 4.69) is 10.6 Å². The smallest absolute Gasteiger partial charge is 0.315 e. The van der Waals surface area contributed by atoms with Gasteiger partial charge in [0.15, 0.2) is 0 Å². The Morgan fingerprint density at radius 1 is 1.29 bits per heavy atom. The number of hydrogen-bond donors (Lipinski definition) is 3. The molecule has 3 N–H and O–H groups in total. The van der Waals surface area contributed by atoms with E-state index in [1.165, 1.54) is 0 Å². The summed E-state index contributed by atoms with van der Waals surface area (Å²) in [4.78, 5) is 11.9. The van der Waals surface area contributed by atoms with Crippen molar-refractivity contribution in [2.45, 2.75) is 46.3 Å². The average Bonchev–Trinajstić information content (AvgIpc) is 2.36. The molecule has 0 saturated carbocycles. The zero-order valence-electron chi connectivity index (χ0n) is 13.1. The van der Waals surface area contributed by atoms with Crippen LogP contribution in [0.2, 0.25) is 5.02 Å². The number of urea groups is 1. The molecule has 0 aliphatic heterocycles. The maximum atomic E-state index is 11.9. The van der Waals surface area contributed by atoms with Crippen molar-refractivity contribution in [1.82, 2.24) is 10.6 Å². The van der Waals surface area contributed by atoms with Gasteiger partial charge in [0, 0.05) is 11.6 Å². The molecule has 2 amide bonds. The Kier molecular flexibility index (Phi) is 6.49. The zero-order valence-corrected chi connectivity index (χ0v) is 13.9. The van der Waals surface area contributed by atoms with Crippen LogP contribution < -0.4 is 10.6 Å². The van der Waals surface area contributed by atoms with Crippen LogP contribution in [-0.2, 0) is 0 Å². The molecule has 2 unspecified atom stereocenters. The summed E-state index contributed by atoms with van der Waals surface area (Å²) < 4.78 is 0. The van der Waals surface area contributed by atoms with Gasteiger partial charge in [-0.2, -0.15) is 0 Å². The number of aliphatic hydroxyl groups is 1. The molecule has 118 valence electrons. The Labute approximate surface area is 131 Å². The SMILES string of the molecule is CC(O)CC(C)(C)CNC(=O)NC(C)c1ccc(Cl)cc1. The van der Waals surface area contributed by atoms with Crippen molar-refractivity contribution in [1.29, 1.82) is 0 Å². The summed E-state index contributed by atoms with van der Waals surface area (Å²) in [6.45, 7) is 8.22. The van der Waals surface area contributed by atoms with E-state index in [0.29, 0.717) is 18.0 Å². The van der Waals surface area contributed by atoms with Gasteiger partial charge in [0.1, 0.15) is 0 Å². The van der Waals surface area contributed by atoms with Crippen molar-refractivity contribution in [2.75, 3.05) is 6.54 Å². The number of carbonyl (C=O) groups excluding carboxylic acids is 1. The topological polar surface area (TPSA) is 61.4 Å². The fourth-order valence-corrected chi connectivity index (χ4v) is 2.40. The summed E-state index contributed by atoms with van der Waals surface area (Å²) in [6.07, 6.45) is 0.262. The highest BCUT2D eigenvalue weighted by molar-refractivity contribution is 6.30. The predicted molar refractivity (Wildman–Crippen MR) is 86.5 cm³/mol. The molecule has 0 fully saturated rings. The van der Waals surface area contributed by atoms with E-state index in [1.54, 1.807) is 19.1 Å². The lowest BCUT2D eigenvalue weighted by atomic mass is 9.87. The van der Waals surface area contributed by atoms with E-state index < -0.39 is 0 Å². The number of hydrogen-bond acceptors (Lipinski definition) is 2. The van der Waals surface area contributed by atoms with Crippen LogP contribution >= 0.6 is 11.6 Å². The highest BCUT2D eigenvalue weighted by atomic mass is 35.5. The third-order valence-corrected chi connectivity index (χ3v) is 3.55. The van der Waals surface area contributed by atoms with Crippen LogP contribution in [0.3, 0.4) is 0 Å². The van der Waals surface area contributed by atoms with Gasteiger partial charge < -0.3 is 15.7 Å². The summed E-state index contributed by atoms with van der Waals surface area (Å²) in [6, 6.07) is 7.09. The van der Waals surface area contributed by atoms with Gasteiger partial charge in [-0.25, -0.2) is 4.79 Å². The number of aliphatic hydroxyl groups excluding tert-OH is 1. The van der Waals surface area contributed by atoms with Crippen molar-refractivity contribution >= 4 is 17.6 Å². The van der Waals surface area contributed by atoms with Crippen LogP contribution in [-0.4, -0.2) is 23.8 Å². The molecule has 4 nitrogen and oxygen atoms in total. The molecular weight excluding hydrogens is 288 g/mol. The van der Waals surface area contributed by atoms with Crippen LogP contribution in [0.4, 0.5) is 4.79 Å². The number of nitrogens with one attached hydrogen (secondary N) is 2. The summed E-state index contributed by atoms with van der Waals surface area (Å²) in [7, 11) is 0. The minimum absolute atomic E-state index is 0.0952. The number of benzene rings is 1. The fourth-order valence-electron chi connectivity index (χ4n) is 2.27. The van der Waals surface area contributed by atoms with Crippen molar-refractivity contribution in [3.63, 3.8) is 0 Å². The third kappa shape index (κ3) is 6.82. The lowest BCUT2D eigenvalue weighted by molar-refractivity contribution is 0.128. The monoisotopic (exact) mass is 312 g/mol. The second-order valence-corrected chi connectivity index (χ2v) is 6.75. The molecule has 0 aliphatic carbocycles. The Bertz CT molecular complexity index is 458. The van der Waals surface area contributed by atoms with E-state index in [1.807, 2.05) is 32.9 Å². The molecule has 0 bridgehead atoms. The van der Waals surface area contributed by atoms with Crippen LogP contribution in [0.15, 0.2) is 24.3 Å². The first-order chi connectivity index (χ1) is 9.69. The van der Waals surface area contributed by atoms with Gasteiger partial charge in [0.2, 0.25) is 0 Å². The Morgan fingerprint density at radius 3 is 2.38 bits per heavy atom. The first-order valence-corrected chi connectivity index (χ1v) is 7.55. The summed E-state index contributed by atoms with van der Waals surface area (Å²) in [5, 5.41) is 15.8. The number of halogens is 1. The molecule has 0 aromatic heterocycles. The maximum Gasteiger partial charge on any atom is 0.315 e. The highest BCUT2D eigenvalue weighted by Gasteiger charge is 2.21. The second kappa shape index (κ2) is 7.66. The molecule has 1 aromatic rings. The highest BCUT2D eigenvalue weighted by Crippen LogP contribution is 2.21. The third-order valence-electron chi connectivity index (χ3n) is 3.29. The Morgan fingerprint density at radius 2 is 1.86 bits per heavy atom. The normalized spacial score (nSPS) is 14.4. The van der Waals surface area contributed by atoms with Gasteiger partial charge in [-0.1, -0.05) is 37.6 Å². The van der Waals surface area contributed by atoms with Gasteiger partial charge in [0.05, 0.1) is 12.1 Å². The molecule has 0 radical (unpaired) electrons. The number of carbonyl (C=O) groups is 1. The fraction of sp³-hybridized carbons (Fsp3) is 0.562. The van der Waals surface area contributed by atoms with Crippen molar-refractivity contribution < 1.29 is 9.90 Å². The van der Waals surface area contributed by atoms with Gasteiger partial charge >= 0.3 is 6.03 Å². The van der Waals surface area contributed by atoms with Gasteiger partial charge in [-0.05, 0) is 43.4 Å². The quantitative estimate of drug-likeness (QED) is 0.753. The second-order valence-electron chi connectivity index (χ2n) is 6.32. The molecule has 0 saturated heterocycles. The molecular formula is C16H25ClN2O2. The van der Waals surface area contributed by atoms with Crippen LogP contribution in [0.25, 0.3) is 0 Å². The minimum atomic E-state index is -0.377. The largest absolute Gasteiger partial charge is 0.393 e. The van der Waals surface area contributed by atoms with Crippen LogP contribution in [0, 0.1) is 5.41 Å². The van der Waals surface area contributed by atoms with Crippen molar-refractivity contribution in [3.8, 4) is 0 Å². The Balaban J connectivity index is 2.44. The van der Waals surface area contributed by atoms with E-state index in [-0.39, 0.29) is 23.6 Å². The summed E-state index contributed by atoms with van der Waals surface area (Å²) in [5.74, 6) is 0. The first-order valence-electron chi connectivity index (χ1n) is 7.17. The standard InChI is InChI=1S/C16H25ClN2O2/c1-11(20)9-16(3,4)10-18-15(21)19-12(2)13-5-7-14(17)8-6-13/h5-8,11-12,20H,9-10H2,1-4H3,(H2,18,19,21). The maximum absolute atomic E-state index is 11.9. The first kappa shape index (κ1) is 17.8. The molecule has 1 rings (SSSR count). The molecule has 1 aromatic carbocycles. The molecule has 21 heavy (non-hydrogen) atoms. The molecule has 5 heteroatoms. The van der Waals surface area contributed by atoms with Gasteiger partial charge in [-0.15, -0.1) is 0 Å². The summed E-state index contributed by atoms with van der Waals surface area (Å²) >= 11 is 5.84. The van der Waals surface area contributed by atoms with Crippen molar-refractivity contribution in [3.05, 3.63) is 34.9 Å². The van der Waals surface area contributed by atoms with E-state index in [4.69, 9.17) is 11.6 Å². The number of amides is 2. The van der Waals surface area contributed by atoms with Crippen molar-refractivity contribution in [2.24, 2.45) is 5.41 Å². The lowest BCUT2D eigenvalue weighted by Gasteiger charge is -2.27. The minimum Gasteiger partial charge on any atom is -0.393 e. The van der Waals surface area contributed by atoms with Crippen LogP contribution in [0.5, 0.6) is 0 Å². The van der Waals surface area contributed by atoms with Gasteiger partial charge in [-0.3, -0.25) is 0 Å². The van der Waals surface area contributed by atoms with E-state index >= 15 is 0 Å². The summed E-state index contributed by atoms with van der Waals surface area (Å²) in [5.41, 5.74) is 0.854. The average molecular weight is 313 g/mol. The molecule has 2 atom stereocenters. The zero-order chi connectivity index (χ0) is 16.0. The van der Waals surface area contributed by atoms with Crippen LogP contribution in [0.1, 0.15) is 45.7 Å².